The van der Waals surface area contributed by atoms with E-state index in [1.807, 2.05) is 0 Å². The number of hydrogen-bond acceptors (Lipinski definition) is 4. The van der Waals surface area contributed by atoms with E-state index in [4.69, 9.17) is 4.74 Å². The number of alkyl halides is 1. The maximum absolute atomic E-state index is 12.5. The minimum Gasteiger partial charge on any atom is -0.390 e. The number of hydrogen-bond donors (Lipinski definition) is 2. The molecule has 0 spiro atoms. The van der Waals surface area contributed by atoms with Gasteiger partial charge < -0.3 is 9.84 Å². The summed E-state index contributed by atoms with van der Waals surface area (Å²) in [5.74, 6) is 0. The summed E-state index contributed by atoms with van der Waals surface area (Å²) in [6.07, 6.45) is -1.13. The highest BCUT2D eigenvalue weighted by Crippen LogP contribution is 2.27. The molecule has 0 saturated carbocycles. The smallest absolute Gasteiger partial charge is 0.330 e. The molecule has 1 aromatic rings. The molecule has 2 heterocycles. The lowest BCUT2D eigenvalue weighted by molar-refractivity contribution is -0.0312. The number of ether oxygens (including phenoxy) is 1. The Morgan fingerprint density at radius 1 is 1.65 bits per heavy atom. The largest absolute Gasteiger partial charge is 0.390 e. The highest BCUT2D eigenvalue weighted by Gasteiger charge is 2.35. The first-order chi connectivity index (χ1) is 8.02. The Bertz CT molecular complexity index is 524. The predicted octanol–water partition coefficient (Wildman–Crippen LogP) is -0.537. The lowest BCUT2D eigenvalue weighted by atomic mass is 10.2. The zero-order chi connectivity index (χ0) is 12.6. The molecule has 1 fully saturated rings. The van der Waals surface area contributed by atoms with E-state index in [1.54, 1.807) is 6.92 Å². The van der Waals surface area contributed by atoms with Gasteiger partial charge in [0, 0.05) is 18.2 Å². The van der Waals surface area contributed by atoms with Crippen LogP contribution in [0, 0.1) is 6.92 Å². The van der Waals surface area contributed by atoms with Crippen LogP contribution in [0.4, 0.5) is 4.39 Å². The molecule has 6 nitrogen and oxygen atoms in total. The Labute approximate surface area is 95.7 Å². The molecule has 2 rings (SSSR count). The minimum absolute atomic E-state index is 0.125. The molecule has 1 aliphatic heterocycles. The summed E-state index contributed by atoms with van der Waals surface area (Å²) in [6, 6.07) is 0. The van der Waals surface area contributed by atoms with E-state index in [9.17, 15) is 19.1 Å². The van der Waals surface area contributed by atoms with E-state index in [-0.39, 0.29) is 6.42 Å². The molecule has 0 bridgehead atoms. The number of nitrogens with one attached hydrogen (secondary N) is 1. The first-order valence-corrected chi connectivity index (χ1v) is 5.24. The molecule has 3 atom stereocenters. The summed E-state index contributed by atoms with van der Waals surface area (Å²) in [5.41, 5.74) is -0.740. The summed E-state index contributed by atoms with van der Waals surface area (Å²) >= 11 is 0. The van der Waals surface area contributed by atoms with Crippen molar-refractivity contribution >= 4 is 0 Å². The predicted molar refractivity (Wildman–Crippen MR) is 56.6 cm³/mol. The zero-order valence-electron chi connectivity index (χ0n) is 9.22. The van der Waals surface area contributed by atoms with E-state index in [2.05, 4.69) is 4.98 Å². The first-order valence-electron chi connectivity index (χ1n) is 5.24. The van der Waals surface area contributed by atoms with Gasteiger partial charge in [0.1, 0.15) is 19.0 Å². The molecule has 1 aromatic heterocycles. The summed E-state index contributed by atoms with van der Waals surface area (Å²) in [7, 11) is 0. The molecule has 0 unspecified atom stereocenters. The van der Waals surface area contributed by atoms with E-state index >= 15 is 0 Å². The SMILES string of the molecule is Cc1cn([C@H]2C[C@H](O)[C@H](CF)O2)c(=O)[nH]c1=O. The Morgan fingerprint density at radius 3 is 2.94 bits per heavy atom. The van der Waals surface area contributed by atoms with Gasteiger partial charge >= 0.3 is 5.69 Å². The van der Waals surface area contributed by atoms with Gasteiger partial charge in [-0.05, 0) is 6.92 Å². The van der Waals surface area contributed by atoms with Crippen molar-refractivity contribution in [2.75, 3.05) is 6.67 Å². The van der Waals surface area contributed by atoms with Crippen molar-refractivity contribution in [2.45, 2.75) is 31.8 Å². The van der Waals surface area contributed by atoms with E-state index < -0.39 is 36.4 Å². The van der Waals surface area contributed by atoms with Crippen molar-refractivity contribution in [1.29, 1.82) is 0 Å². The average Bonchev–Trinajstić information content (AvgIpc) is 2.65. The van der Waals surface area contributed by atoms with Crippen LogP contribution in [0.3, 0.4) is 0 Å². The zero-order valence-corrected chi connectivity index (χ0v) is 9.22. The number of nitrogens with zero attached hydrogens (tertiary/aromatic N) is 1. The number of H-pyrrole nitrogens is 1. The quantitative estimate of drug-likeness (QED) is 0.732. The molecule has 7 heteroatoms. The fourth-order valence-electron chi connectivity index (χ4n) is 1.82. The maximum atomic E-state index is 12.5. The molecule has 1 saturated heterocycles. The van der Waals surface area contributed by atoms with Crippen LogP contribution >= 0.6 is 0 Å². The minimum atomic E-state index is -0.941. The molecular weight excluding hydrogens is 231 g/mol. The molecule has 94 valence electrons. The second-order valence-electron chi connectivity index (χ2n) is 4.07. The number of aryl methyl sites for hydroxylation is 1. The fraction of sp³-hybridized carbons (Fsp3) is 0.600. The van der Waals surface area contributed by atoms with E-state index in [0.29, 0.717) is 5.56 Å². The average molecular weight is 244 g/mol. The molecule has 2 N–H and O–H groups in total. The van der Waals surface area contributed by atoms with Gasteiger partial charge in [0.15, 0.2) is 0 Å². The molecule has 17 heavy (non-hydrogen) atoms. The van der Waals surface area contributed by atoms with Gasteiger partial charge in [0.2, 0.25) is 0 Å². The Balaban J connectivity index is 2.34. The Morgan fingerprint density at radius 2 is 2.35 bits per heavy atom. The van der Waals surface area contributed by atoms with Gasteiger partial charge in [-0.2, -0.15) is 0 Å². The van der Waals surface area contributed by atoms with Crippen LogP contribution in [0.5, 0.6) is 0 Å². The third-order valence-corrected chi connectivity index (χ3v) is 2.81. The van der Waals surface area contributed by atoms with Crippen molar-refractivity contribution in [3.8, 4) is 0 Å². The summed E-state index contributed by atoms with van der Waals surface area (Å²) in [6.45, 7) is 0.738. The van der Waals surface area contributed by atoms with E-state index in [1.165, 1.54) is 6.20 Å². The molecule has 1 aliphatic rings. The van der Waals surface area contributed by atoms with E-state index in [0.717, 1.165) is 4.57 Å². The van der Waals surface area contributed by atoms with Crippen LogP contribution in [0.2, 0.25) is 0 Å². The van der Waals surface area contributed by atoms with Crippen molar-refractivity contribution < 1.29 is 14.2 Å². The second-order valence-corrected chi connectivity index (χ2v) is 4.07. The fourth-order valence-corrected chi connectivity index (χ4v) is 1.82. The van der Waals surface area contributed by atoms with Crippen LogP contribution in [-0.2, 0) is 4.74 Å². The maximum Gasteiger partial charge on any atom is 0.330 e. The number of aliphatic hydroxyl groups excluding tert-OH is 1. The summed E-state index contributed by atoms with van der Waals surface area (Å²) in [5, 5.41) is 9.48. The molecular formula is C10H13FN2O4. The number of aromatic amines is 1. The van der Waals surface area contributed by atoms with Crippen LogP contribution in [0.15, 0.2) is 15.8 Å². The van der Waals surface area contributed by atoms with Crippen LogP contribution in [0.1, 0.15) is 18.2 Å². The van der Waals surface area contributed by atoms with Gasteiger partial charge in [-0.15, -0.1) is 0 Å². The van der Waals surface area contributed by atoms with Crippen molar-refractivity contribution in [1.82, 2.24) is 9.55 Å². The van der Waals surface area contributed by atoms with Gasteiger partial charge in [-0.1, -0.05) is 0 Å². The topological polar surface area (TPSA) is 84.3 Å². The number of halogens is 1. The lowest BCUT2D eigenvalue weighted by Crippen LogP contribution is -2.33. The number of aromatic nitrogens is 2. The molecule has 0 amide bonds. The summed E-state index contributed by atoms with van der Waals surface area (Å²) in [4.78, 5) is 24.8. The van der Waals surface area contributed by atoms with Crippen molar-refractivity contribution in [3.05, 3.63) is 32.6 Å². The third-order valence-electron chi connectivity index (χ3n) is 2.81. The highest BCUT2D eigenvalue weighted by atomic mass is 19.1. The third kappa shape index (κ3) is 2.16. The standard InChI is InChI=1S/C10H13FN2O4/c1-5-4-13(10(16)12-9(5)15)8-2-6(14)7(3-11)17-8/h4,6-8,14H,2-3H2,1H3,(H,12,15,16)/t6-,7-,8+/m0/s1. The van der Waals surface area contributed by atoms with Gasteiger partial charge in [0.05, 0.1) is 6.10 Å². The monoisotopic (exact) mass is 244 g/mol. The van der Waals surface area contributed by atoms with Crippen molar-refractivity contribution in [2.24, 2.45) is 0 Å². The Hall–Kier alpha value is -1.47. The second kappa shape index (κ2) is 4.42. The van der Waals surface area contributed by atoms with Gasteiger partial charge in [0.25, 0.3) is 5.56 Å². The summed E-state index contributed by atoms with van der Waals surface area (Å²) < 4.78 is 18.8. The van der Waals surface area contributed by atoms with Crippen LogP contribution < -0.4 is 11.2 Å². The number of aliphatic hydroxyl groups is 1. The number of rotatable bonds is 2. The Kier molecular flexibility index (Phi) is 3.12. The normalized spacial score (nSPS) is 28.5. The molecule has 0 aliphatic carbocycles. The van der Waals surface area contributed by atoms with Gasteiger partial charge in [-0.3, -0.25) is 14.3 Å². The van der Waals surface area contributed by atoms with Crippen LogP contribution in [0.25, 0.3) is 0 Å². The lowest BCUT2D eigenvalue weighted by Gasteiger charge is -2.14. The highest BCUT2D eigenvalue weighted by molar-refractivity contribution is 5.02. The van der Waals surface area contributed by atoms with Crippen LogP contribution in [-0.4, -0.2) is 33.5 Å². The molecule has 0 aromatic carbocycles. The van der Waals surface area contributed by atoms with Crippen molar-refractivity contribution in [3.63, 3.8) is 0 Å². The van der Waals surface area contributed by atoms with Gasteiger partial charge in [-0.25, -0.2) is 9.18 Å². The first kappa shape index (κ1) is 12.0. The molecule has 0 radical (unpaired) electrons.